The van der Waals surface area contributed by atoms with Gasteiger partial charge >= 0.3 is 0 Å². The number of ether oxygens (including phenoxy) is 1. The van der Waals surface area contributed by atoms with Gasteiger partial charge in [0.2, 0.25) is 9.47 Å². The molecule has 6 nitrogen and oxygen atoms in total. The van der Waals surface area contributed by atoms with Crippen LogP contribution in [-0.2, 0) is 4.74 Å². The van der Waals surface area contributed by atoms with E-state index >= 15 is 0 Å². The van der Waals surface area contributed by atoms with Crippen LogP contribution < -0.4 is 0 Å². The molecule has 3 rings (SSSR count). The maximum absolute atomic E-state index is 12.2. The minimum Gasteiger partial charge on any atom is -0.377 e. The van der Waals surface area contributed by atoms with Crippen molar-refractivity contribution in [1.82, 2.24) is 20.0 Å². The minimum atomic E-state index is -0.0637. The zero-order chi connectivity index (χ0) is 13.9. The second kappa shape index (κ2) is 6.34. The lowest BCUT2D eigenvalue weighted by Crippen LogP contribution is -2.50. The zero-order valence-electron chi connectivity index (χ0n) is 11.1. The maximum atomic E-state index is 12.2. The molecule has 1 aromatic heterocycles. The fraction of sp³-hybridized carbons (Fsp3) is 0.750. The molecule has 1 amide bonds. The van der Waals surface area contributed by atoms with Crippen LogP contribution in [0.2, 0.25) is 4.47 Å². The first-order valence-corrected chi connectivity index (χ1v) is 8.04. The summed E-state index contributed by atoms with van der Waals surface area (Å²) in [5.74, 6) is -0.0637. The summed E-state index contributed by atoms with van der Waals surface area (Å²) in [5.41, 5.74) is 0. The van der Waals surface area contributed by atoms with Crippen LogP contribution in [0.15, 0.2) is 0 Å². The summed E-state index contributed by atoms with van der Waals surface area (Å²) in [5, 5.41) is 7.86. The van der Waals surface area contributed by atoms with E-state index in [2.05, 4.69) is 15.1 Å². The summed E-state index contributed by atoms with van der Waals surface area (Å²) in [7, 11) is 0. The molecule has 20 heavy (non-hydrogen) atoms. The number of carbonyl (C=O) groups is 1. The van der Waals surface area contributed by atoms with E-state index in [1.54, 1.807) is 0 Å². The van der Waals surface area contributed by atoms with E-state index in [0.29, 0.717) is 15.6 Å². The highest BCUT2D eigenvalue weighted by Gasteiger charge is 2.26. The van der Waals surface area contributed by atoms with Crippen LogP contribution in [-0.4, -0.2) is 71.3 Å². The molecule has 1 atom stereocenters. The Morgan fingerprint density at radius 1 is 1.35 bits per heavy atom. The van der Waals surface area contributed by atoms with Gasteiger partial charge in [-0.3, -0.25) is 9.69 Å². The first-order valence-electron chi connectivity index (χ1n) is 6.84. The molecule has 0 saturated carbocycles. The van der Waals surface area contributed by atoms with Gasteiger partial charge in [-0.25, -0.2) is 0 Å². The van der Waals surface area contributed by atoms with Gasteiger partial charge in [-0.1, -0.05) is 11.3 Å². The molecule has 0 bridgehead atoms. The van der Waals surface area contributed by atoms with Crippen molar-refractivity contribution in [2.24, 2.45) is 0 Å². The SMILES string of the molecule is O=C(c1nnc(Cl)s1)N1CCN(CC2CCCO2)CC1. The predicted octanol–water partition coefficient (Wildman–Crippen LogP) is 1.13. The van der Waals surface area contributed by atoms with E-state index in [-0.39, 0.29) is 5.91 Å². The van der Waals surface area contributed by atoms with Crippen LogP contribution in [0.5, 0.6) is 0 Å². The molecule has 2 aliphatic heterocycles. The van der Waals surface area contributed by atoms with Crippen molar-refractivity contribution in [3.8, 4) is 0 Å². The smallest absolute Gasteiger partial charge is 0.284 e. The molecule has 8 heteroatoms. The molecule has 0 radical (unpaired) electrons. The lowest BCUT2D eigenvalue weighted by Gasteiger charge is -2.35. The maximum Gasteiger partial charge on any atom is 0.284 e. The largest absolute Gasteiger partial charge is 0.377 e. The molecule has 3 heterocycles. The molecule has 2 saturated heterocycles. The van der Waals surface area contributed by atoms with Crippen molar-refractivity contribution < 1.29 is 9.53 Å². The standard InChI is InChI=1S/C12H17ClN4O2S/c13-12-15-14-10(20-12)11(18)17-5-3-16(4-6-17)8-9-2-1-7-19-9/h9H,1-8H2. The Bertz CT molecular complexity index is 470. The van der Waals surface area contributed by atoms with Crippen LogP contribution in [0.4, 0.5) is 0 Å². The van der Waals surface area contributed by atoms with E-state index in [9.17, 15) is 4.79 Å². The van der Waals surface area contributed by atoms with Crippen molar-refractivity contribution in [1.29, 1.82) is 0 Å². The molecule has 110 valence electrons. The van der Waals surface area contributed by atoms with E-state index in [0.717, 1.165) is 57.1 Å². The number of hydrogen-bond acceptors (Lipinski definition) is 6. The van der Waals surface area contributed by atoms with Crippen molar-refractivity contribution in [3.05, 3.63) is 9.47 Å². The van der Waals surface area contributed by atoms with E-state index in [1.165, 1.54) is 6.42 Å². The highest BCUT2D eigenvalue weighted by Crippen LogP contribution is 2.18. The highest BCUT2D eigenvalue weighted by molar-refractivity contribution is 7.17. The van der Waals surface area contributed by atoms with E-state index in [1.807, 2.05) is 4.90 Å². The fourth-order valence-electron chi connectivity index (χ4n) is 2.64. The number of carbonyl (C=O) groups excluding carboxylic acids is 1. The van der Waals surface area contributed by atoms with Gasteiger partial charge in [0.15, 0.2) is 0 Å². The number of aromatic nitrogens is 2. The zero-order valence-corrected chi connectivity index (χ0v) is 12.7. The third-order valence-electron chi connectivity index (χ3n) is 3.73. The predicted molar refractivity (Wildman–Crippen MR) is 76.2 cm³/mol. The van der Waals surface area contributed by atoms with Crippen LogP contribution >= 0.6 is 22.9 Å². The average Bonchev–Trinajstić information content (AvgIpc) is 3.10. The Balaban J connectivity index is 1.49. The quantitative estimate of drug-likeness (QED) is 0.836. The molecule has 0 spiro atoms. The number of piperazine rings is 1. The monoisotopic (exact) mass is 316 g/mol. The molecule has 1 aromatic rings. The van der Waals surface area contributed by atoms with Gasteiger partial charge in [-0.15, -0.1) is 10.2 Å². The van der Waals surface area contributed by atoms with Gasteiger partial charge in [0.1, 0.15) is 0 Å². The summed E-state index contributed by atoms with van der Waals surface area (Å²) >= 11 is 6.85. The average molecular weight is 317 g/mol. The van der Waals surface area contributed by atoms with Gasteiger partial charge in [0.05, 0.1) is 6.10 Å². The van der Waals surface area contributed by atoms with Gasteiger partial charge in [0, 0.05) is 39.3 Å². The lowest BCUT2D eigenvalue weighted by molar-refractivity contribution is 0.0432. The Morgan fingerprint density at radius 3 is 2.75 bits per heavy atom. The third kappa shape index (κ3) is 3.28. The molecule has 1 unspecified atom stereocenters. The Kier molecular flexibility index (Phi) is 4.50. The number of nitrogens with zero attached hydrogens (tertiary/aromatic N) is 4. The first-order chi connectivity index (χ1) is 9.72. The highest BCUT2D eigenvalue weighted by atomic mass is 35.5. The van der Waals surface area contributed by atoms with Crippen molar-refractivity contribution in [2.75, 3.05) is 39.3 Å². The van der Waals surface area contributed by atoms with E-state index < -0.39 is 0 Å². The fourth-order valence-corrected chi connectivity index (χ4v) is 3.43. The molecule has 0 N–H and O–H groups in total. The van der Waals surface area contributed by atoms with Gasteiger partial charge in [0.25, 0.3) is 5.91 Å². The van der Waals surface area contributed by atoms with Crippen molar-refractivity contribution in [3.63, 3.8) is 0 Å². The third-order valence-corrected chi connectivity index (χ3v) is 4.74. The molecular formula is C12H17ClN4O2S. The van der Waals surface area contributed by atoms with Crippen LogP contribution in [0.3, 0.4) is 0 Å². The van der Waals surface area contributed by atoms with Crippen molar-refractivity contribution in [2.45, 2.75) is 18.9 Å². The minimum absolute atomic E-state index is 0.0637. The number of halogens is 1. The number of rotatable bonds is 3. The Hall–Kier alpha value is -0.760. The topological polar surface area (TPSA) is 58.6 Å². The normalized spacial score (nSPS) is 24.2. The summed E-state index contributed by atoms with van der Waals surface area (Å²) in [6.07, 6.45) is 2.70. The second-order valence-corrected chi connectivity index (χ2v) is 6.65. The van der Waals surface area contributed by atoms with Crippen LogP contribution in [0, 0.1) is 0 Å². The summed E-state index contributed by atoms with van der Waals surface area (Å²) < 4.78 is 5.96. The Labute approximate surface area is 126 Å². The molecule has 2 aliphatic rings. The first kappa shape index (κ1) is 14.2. The molecule has 2 fully saturated rings. The second-order valence-electron chi connectivity index (χ2n) is 5.09. The van der Waals surface area contributed by atoms with Crippen molar-refractivity contribution >= 4 is 28.8 Å². The van der Waals surface area contributed by atoms with Gasteiger partial charge in [-0.2, -0.15) is 0 Å². The summed E-state index contributed by atoms with van der Waals surface area (Å²) in [4.78, 5) is 16.4. The van der Waals surface area contributed by atoms with Gasteiger partial charge in [-0.05, 0) is 24.4 Å². The molecule has 0 aromatic carbocycles. The van der Waals surface area contributed by atoms with Gasteiger partial charge < -0.3 is 9.64 Å². The number of hydrogen-bond donors (Lipinski definition) is 0. The van der Waals surface area contributed by atoms with E-state index in [4.69, 9.17) is 16.3 Å². The van der Waals surface area contributed by atoms with Crippen LogP contribution in [0.25, 0.3) is 0 Å². The molecule has 0 aliphatic carbocycles. The molecular weight excluding hydrogens is 300 g/mol. The Morgan fingerprint density at radius 2 is 2.15 bits per heavy atom. The summed E-state index contributed by atoms with van der Waals surface area (Å²) in [6.45, 7) is 5.09. The lowest BCUT2D eigenvalue weighted by atomic mass is 10.2. The van der Waals surface area contributed by atoms with Crippen LogP contribution in [0.1, 0.15) is 22.6 Å². The summed E-state index contributed by atoms with van der Waals surface area (Å²) in [6, 6.07) is 0. The number of amides is 1.